The number of hydrogen-bond acceptors (Lipinski definition) is 10. The normalized spacial score (nSPS) is 20.1. The number of ether oxygens (including phenoxy) is 6. The maximum Gasteiger partial charge on any atom is 0.485 e. The van der Waals surface area contributed by atoms with Gasteiger partial charge in [0.2, 0.25) is 0 Å². The van der Waals surface area contributed by atoms with Gasteiger partial charge in [0.25, 0.3) is 0 Å². The highest BCUT2D eigenvalue weighted by molar-refractivity contribution is 8.04. The lowest BCUT2D eigenvalue weighted by molar-refractivity contribution is -0.120. The molecule has 0 radical (unpaired) electrons. The average Bonchev–Trinajstić information content (AvgIpc) is 3.01. The van der Waals surface area contributed by atoms with Crippen molar-refractivity contribution in [2.75, 3.05) is 59.5 Å². The Labute approximate surface area is 290 Å². The molecule has 0 bridgehead atoms. The van der Waals surface area contributed by atoms with Gasteiger partial charge in [-0.2, -0.15) is 13.2 Å². The Morgan fingerprint density at radius 2 is 1.04 bits per heavy atom. The molecule has 3 saturated heterocycles. The van der Waals surface area contributed by atoms with Crippen LogP contribution in [0, 0.1) is 16.2 Å². The first-order valence-electron chi connectivity index (χ1n) is 15.5. The fraction of sp³-hybridized carbons (Fsp3) is 0.471. The molecule has 15 heteroatoms. The summed E-state index contributed by atoms with van der Waals surface area (Å²) in [6.45, 7) is 13.2. The van der Waals surface area contributed by atoms with E-state index in [0.29, 0.717) is 19.8 Å². The molecule has 0 amide bonds. The highest BCUT2D eigenvalue weighted by Crippen LogP contribution is 2.50. The molecule has 3 aromatic rings. The fourth-order valence-electron chi connectivity index (χ4n) is 5.19. The lowest BCUT2D eigenvalue weighted by Gasteiger charge is -2.37. The summed E-state index contributed by atoms with van der Waals surface area (Å²) >= 11 is 1.80. The first-order chi connectivity index (χ1) is 23.0. The summed E-state index contributed by atoms with van der Waals surface area (Å²) < 4.78 is 93.8. The summed E-state index contributed by atoms with van der Waals surface area (Å²) in [5.41, 5.74) is -5.33. The van der Waals surface area contributed by atoms with E-state index >= 15 is 0 Å². The molecule has 0 spiro atoms. The molecule has 0 N–H and O–H groups in total. The standard InChI is InChI=1S/C33H37O6S2.CHF3O3S/c1-31(14-34-15-31)20-37-23-4-8-26(9-5-23)41-29-10-6-24(38-21-32(2)16-35-17-32)12-27(29)40-28-13-25(7-11-30(28)41)39-22-33(3)18-36-19-33;2-1(3,4)8(5,6)7/h4-13H,14-22H2,1-3H3;(H,5,6,7)/q+1;/p-1. The third-order valence-electron chi connectivity index (χ3n) is 8.30. The molecular formula is C34H37F3O9S3. The molecule has 266 valence electrons. The van der Waals surface area contributed by atoms with Crippen molar-refractivity contribution in [3.05, 3.63) is 60.7 Å². The number of fused-ring (bicyclic) bond motifs is 2. The maximum atomic E-state index is 10.7. The lowest BCUT2D eigenvalue weighted by atomic mass is 9.90. The van der Waals surface area contributed by atoms with Crippen LogP contribution in [0.4, 0.5) is 13.2 Å². The highest BCUT2D eigenvalue weighted by Gasteiger charge is 2.41. The summed E-state index contributed by atoms with van der Waals surface area (Å²) in [6, 6.07) is 21.7. The van der Waals surface area contributed by atoms with Crippen molar-refractivity contribution >= 4 is 32.8 Å². The van der Waals surface area contributed by atoms with Crippen LogP contribution in [-0.4, -0.2) is 77.9 Å². The topological polar surface area (TPSA) is 113 Å². The van der Waals surface area contributed by atoms with Gasteiger partial charge in [0.05, 0.1) is 69.3 Å². The van der Waals surface area contributed by atoms with E-state index in [1.807, 2.05) is 0 Å². The molecule has 4 heterocycles. The van der Waals surface area contributed by atoms with Crippen molar-refractivity contribution in [3.8, 4) is 17.2 Å². The van der Waals surface area contributed by atoms with Gasteiger partial charge in [-0.1, -0.05) is 32.5 Å². The largest absolute Gasteiger partial charge is 0.741 e. The van der Waals surface area contributed by atoms with E-state index in [0.717, 1.165) is 56.9 Å². The van der Waals surface area contributed by atoms with Crippen LogP contribution in [0.2, 0.25) is 0 Å². The van der Waals surface area contributed by atoms with Crippen molar-refractivity contribution in [1.29, 1.82) is 0 Å². The first-order valence-corrected chi connectivity index (χ1v) is 18.9. The lowest BCUT2D eigenvalue weighted by Crippen LogP contribution is -2.44. The van der Waals surface area contributed by atoms with Crippen LogP contribution < -0.4 is 14.2 Å². The third-order valence-corrected chi connectivity index (χ3v) is 12.6. The van der Waals surface area contributed by atoms with Gasteiger partial charge < -0.3 is 33.0 Å². The van der Waals surface area contributed by atoms with Crippen molar-refractivity contribution in [1.82, 2.24) is 0 Å². The van der Waals surface area contributed by atoms with Crippen LogP contribution in [0.25, 0.3) is 0 Å². The molecule has 7 rings (SSSR count). The molecule has 3 aromatic carbocycles. The maximum absolute atomic E-state index is 10.7. The van der Waals surface area contributed by atoms with Crippen LogP contribution >= 0.6 is 11.8 Å². The van der Waals surface area contributed by atoms with E-state index in [1.54, 1.807) is 11.8 Å². The fourth-order valence-corrected chi connectivity index (χ4v) is 8.95. The number of rotatable bonds is 10. The smallest absolute Gasteiger partial charge is 0.485 e. The summed E-state index contributed by atoms with van der Waals surface area (Å²) in [7, 11) is -6.35. The van der Waals surface area contributed by atoms with Gasteiger partial charge in [-0.05, 0) is 60.7 Å². The summed E-state index contributed by atoms with van der Waals surface area (Å²) in [6.07, 6.45) is 0. The molecule has 0 atom stereocenters. The molecule has 9 nitrogen and oxygen atoms in total. The second-order valence-corrected chi connectivity index (χ2v) is 18.2. The average molecular weight is 743 g/mol. The van der Waals surface area contributed by atoms with Crippen molar-refractivity contribution in [2.24, 2.45) is 16.2 Å². The molecule has 4 aliphatic rings. The number of halogens is 3. The van der Waals surface area contributed by atoms with Crippen LogP contribution in [0.3, 0.4) is 0 Å². The molecule has 0 aromatic heterocycles. The zero-order valence-corrected chi connectivity index (χ0v) is 29.6. The SMILES string of the molecule is CC1(COc2ccc([S+]3c4ccc(OCC5(C)COC5)cc4Sc4cc(OCC5(C)COC5)ccc43)cc2)COC1.O=S(=O)([O-])C(F)(F)F. The minimum Gasteiger partial charge on any atom is -0.741 e. The van der Waals surface area contributed by atoms with E-state index in [9.17, 15) is 13.2 Å². The van der Waals surface area contributed by atoms with E-state index in [2.05, 4.69) is 81.4 Å². The van der Waals surface area contributed by atoms with Gasteiger partial charge in [-0.25, -0.2) is 8.42 Å². The van der Waals surface area contributed by atoms with Crippen LogP contribution in [0.1, 0.15) is 20.8 Å². The molecule has 0 unspecified atom stereocenters. The quantitative estimate of drug-likeness (QED) is 0.101. The Bertz CT molecular complexity index is 1680. The van der Waals surface area contributed by atoms with Crippen molar-refractivity contribution in [3.63, 3.8) is 0 Å². The van der Waals surface area contributed by atoms with Gasteiger partial charge in [-0.3, -0.25) is 0 Å². The Balaban J connectivity index is 0.000000466. The Kier molecular flexibility index (Phi) is 10.2. The molecule has 3 fully saturated rings. The minimum absolute atomic E-state index is 0.0984. The summed E-state index contributed by atoms with van der Waals surface area (Å²) in [5.74, 6) is 2.70. The van der Waals surface area contributed by atoms with Gasteiger partial charge in [-0.15, -0.1) is 0 Å². The van der Waals surface area contributed by atoms with Gasteiger partial charge in [0, 0.05) is 16.2 Å². The highest BCUT2D eigenvalue weighted by atomic mass is 32.2. The van der Waals surface area contributed by atoms with Crippen molar-refractivity contribution < 1.29 is 54.6 Å². The van der Waals surface area contributed by atoms with Gasteiger partial charge in [0.15, 0.2) is 24.8 Å². The molecule has 0 aliphatic carbocycles. The zero-order chi connectivity index (χ0) is 35.1. The van der Waals surface area contributed by atoms with E-state index in [4.69, 9.17) is 41.4 Å². The second-order valence-electron chi connectivity index (χ2n) is 13.8. The summed E-state index contributed by atoms with van der Waals surface area (Å²) in [5, 5.41) is 0. The summed E-state index contributed by atoms with van der Waals surface area (Å²) in [4.78, 5) is 6.34. The van der Waals surface area contributed by atoms with Gasteiger partial charge in [0.1, 0.15) is 28.1 Å². The molecular weight excluding hydrogens is 706 g/mol. The second kappa shape index (κ2) is 13.8. The first kappa shape index (κ1) is 36.1. The van der Waals surface area contributed by atoms with E-state index in [1.165, 1.54) is 24.5 Å². The Morgan fingerprint density at radius 3 is 1.37 bits per heavy atom. The van der Waals surface area contributed by atoms with Gasteiger partial charge >= 0.3 is 5.51 Å². The Hall–Kier alpha value is -2.66. The number of alkyl halides is 3. The minimum atomic E-state index is -6.09. The molecule has 0 saturated carbocycles. The van der Waals surface area contributed by atoms with Crippen molar-refractivity contribution in [2.45, 2.75) is 50.8 Å². The van der Waals surface area contributed by atoms with E-state index < -0.39 is 15.6 Å². The Morgan fingerprint density at radius 1 is 0.694 bits per heavy atom. The molecule has 49 heavy (non-hydrogen) atoms. The monoisotopic (exact) mass is 742 g/mol. The predicted molar refractivity (Wildman–Crippen MR) is 175 cm³/mol. The third kappa shape index (κ3) is 8.46. The predicted octanol–water partition coefficient (Wildman–Crippen LogP) is 6.54. The van der Waals surface area contributed by atoms with Crippen LogP contribution in [-0.2, 0) is 35.2 Å². The van der Waals surface area contributed by atoms with E-state index in [-0.39, 0.29) is 27.1 Å². The number of benzene rings is 3. The number of hydrogen-bond donors (Lipinski definition) is 0. The van der Waals surface area contributed by atoms with Crippen LogP contribution in [0.5, 0.6) is 17.2 Å². The van der Waals surface area contributed by atoms with Crippen LogP contribution in [0.15, 0.2) is 85.1 Å². The molecule has 4 aliphatic heterocycles. The zero-order valence-electron chi connectivity index (χ0n) is 27.2.